The van der Waals surface area contributed by atoms with Crippen LogP contribution in [-0.4, -0.2) is 48.9 Å². The quantitative estimate of drug-likeness (QED) is 0.326. The van der Waals surface area contributed by atoms with Crippen molar-refractivity contribution in [2.45, 2.75) is 25.8 Å². The molecule has 0 spiro atoms. The number of hydrazine groups is 1. The summed E-state index contributed by atoms with van der Waals surface area (Å²) in [6.07, 6.45) is 8.47. The molecule has 0 aliphatic carbocycles. The first-order chi connectivity index (χ1) is 16.5. The fourth-order valence-corrected chi connectivity index (χ4v) is 5.17. The standard InChI is InChI=1S/C26H33N7S/c1-29-16-25(14-20-4-8-24(9-5-20)33-12-3-11-30-33)34-19-32-13-10-21-6-7-22(15-23(21)17-32)26(27)18-31(2)28/h4-9,11,15-16,18H,1,3,10,12-14,17,19,27-28H2,2H3/b25-16-,26-18-. The van der Waals surface area contributed by atoms with Crippen LogP contribution in [0.4, 0.5) is 5.69 Å². The summed E-state index contributed by atoms with van der Waals surface area (Å²) in [6.45, 7) is 6.57. The van der Waals surface area contributed by atoms with Crippen molar-refractivity contribution < 1.29 is 0 Å². The minimum Gasteiger partial charge on any atom is -0.397 e. The molecule has 2 aromatic rings. The maximum Gasteiger partial charge on any atom is 0.0594 e. The maximum absolute atomic E-state index is 6.20. The van der Waals surface area contributed by atoms with E-state index >= 15 is 0 Å². The van der Waals surface area contributed by atoms with Crippen molar-refractivity contribution in [3.05, 3.63) is 82.0 Å². The molecule has 34 heavy (non-hydrogen) atoms. The SMILES string of the molecule is C=N/C=C(/Cc1ccc(N2CCC=N2)cc1)SCN1CCc2ccc(/C(N)=C/N(C)N)cc2C1. The fraction of sp³-hybridized carbons (Fsp3) is 0.308. The van der Waals surface area contributed by atoms with E-state index in [1.165, 1.54) is 26.6 Å². The van der Waals surface area contributed by atoms with Crippen molar-refractivity contribution in [2.75, 3.05) is 31.0 Å². The summed E-state index contributed by atoms with van der Waals surface area (Å²) in [7, 11) is 1.77. The largest absolute Gasteiger partial charge is 0.397 e. The number of rotatable bonds is 9. The molecule has 8 heteroatoms. The lowest BCUT2D eigenvalue weighted by molar-refractivity contribution is 0.300. The van der Waals surface area contributed by atoms with Gasteiger partial charge in [-0.1, -0.05) is 24.3 Å². The normalized spacial score (nSPS) is 16.6. The molecule has 2 aliphatic rings. The van der Waals surface area contributed by atoms with Gasteiger partial charge in [0.15, 0.2) is 0 Å². The molecule has 2 aromatic carbocycles. The van der Waals surface area contributed by atoms with E-state index in [1.807, 2.05) is 29.2 Å². The van der Waals surface area contributed by atoms with Gasteiger partial charge in [-0.15, -0.1) is 11.8 Å². The smallest absolute Gasteiger partial charge is 0.0594 e. The Morgan fingerprint density at radius 3 is 2.74 bits per heavy atom. The monoisotopic (exact) mass is 475 g/mol. The van der Waals surface area contributed by atoms with Gasteiger partial charge in [0, 0.05) is 68.9 Å². The van der Waals surface area contributed by atoms with Crippen LogP contribution >= 0.6 is 11.8 Å². The highest BCUT2D eigenvalue weighted by atomic mass is 32.2. The Kier molecular flexibility index (Phi) is 8.05. The molecule has 2 heterocycles. The zero-order valence-electron chi connectivity index (χ0n) is 19.7. The van der Waals surface area contributed by atoms with Gasteiger partial charge in [-0.2, -0.15) is 5.10 Å². The van der Waals surface area contributed by atoms with Crippen LogP contribution in [0.15, 0.2) is 69.9 Å². The molecule has 178 valence electrons. The molecule has 4 rings (SSSR count). The highest BCUT2D eigenvalue weighted by molar-refractivity contribution is 8.03. The second kappa shape index (κ2) is 11.4. The summed E-state index contributed by atoms with van der Waals surface area (Å²) in [5, 5.41) is 7.92. The fourth-order valence-electron chi connectivity index (χ4n) is 4.19. The summed E-state index contributed by atoms with van der Waals surface area (Å²) in [4.78, 5) is 7.73. The Labute approximate surface area is 206 Å². The number of thioether (sulfide) groups is 1. The third-order valence-electron chi connectivity index (χ3n) is 5.95. The van der Waals surface area contributed by atoms with E-state index in [9.17, 15) is 0 Å². The summed E-state index contributed by atoms with van der Waals surface area (Å²) in [5.74, 6) is 6.62. The molecule has 0 saturated carbocycles. The highest BCUT2D eigenvalue weighted by Gasteiger charge is 2.18. The van der Waals surface area contributed by atoms with Crippen molar-refractivity contribution in [1.82, 2.24) is 9.91 Å². The van der Waals surface area contributed by atoms with Gasteiger partial charge in [-0.05, 0) is 53.6 Å². The van der Waals surface area contributed by atoms with Crippen molar-refractivity contribution >= 4 is 36.1 Å². The lowest BCUT2D eigenvalue weighted by atomic mass is 9.97. The molecule has 0 fully saturated rings. The predicted octanol–water partition coefficient (Wildman–Crippen LogP) is 3.78. The minimum absolute atomic E-state index is 0.670. The summed E-state index contributed by atoms with van der Waals surface area (Å²) in [5.41, 5.74) is 13.0. The van der Waals surface area contributed by atoms with Crippen molar-refractivity contribution in [1.29, 1.82) is 0 Å². The van der Waals surface area contributed by atoms with Gasteiger partial charge in [0.05, 0.1) is 11.4 Å². The molecular formula is C26H33N7S. The zero-order valence-corrected chi connectivity index (χ0v) is 20.5. The Hall–Kier alpha value is -3.07. The third-order valence-corrected chi connectivity index (χ3v) is 7.06. The number of hydrogen-bond acceptors (Lipinski definition) is 8. The zero-order chi connectivity index (χ0) is 23.9. The topological polar surface area (TPSA) is 86.5 Å². The van der Waals surface area contributed by atoms with Gasteiger partial charge in [-0.25, -0.2) is 5.84 Å². The Morgan fingerprint density at radius 1 is 1.21 bits per heavy atom. The average molecular weight is 476 g/mol. The Balaban J connectivity index is 1.36. The van der Waals surface area contributed by atoms with Crippen molar-refractivity contribution in [3.8, 4) is 0 Å². The first-order valence-electron chi connectivity index (χ1n) is 11.5. The van der Waals surface area contributed by atoms with Crippen LogP contribution in [0.2, 0.25) is 0 Å². The first-order valence-corrected chi connectivity index (χ1v) is 12.5. The first kappa shape index (κ1) is 24.1. The molecule has 0 atom stereocenters. The number of fused-ring (bicyclic) bond motifs is 1. The van der Waals surface area contributed by atoms with Gasteiger partial charge >= 0.3 is 0 Å². The molecule has 0 aromatic heterocycles. The molecule has 4 N–H and O–H groups in total. The molecular weight excluding hydrogens is 442 g/mol. The second-order valence-electron chi connectivity index (χ2n) is 8.64. The molecule has 7 nitrogen and oxygen atoms in total. The van der Waals surface area contributed by atoms with Crippen LogP contribution in [0, 0.1) is 0 Å². The number of nitrogens with two attached hydrogens (primary N) is 2. The van der Waals surface area contributed by atoms with E-state index in [4.69, 9.17) is 11.6 Å². The number of nitrogens with zero attached hydrogens (tertiary/aromatic N) is 5. The van der Waals surface area contributed by atoms with Gasteiger partial charge < -0.3 is 10.7 Å². The lowest BCUT2D eigenvalue weighted by Gasteiger charge is -2.29. The van der Waals surface area contributed by atoms with E-state index in [-0.39, 0.29) is 0 Å². The van der Waals surface area contributed by atoms with Crippen molar-refractivity contribution in [2.24, 2.45) is 21.7 Å². The van der Waals surface area contributed by atoms with E-state index in [2.05, 4.69) is 64.2 Å². The number of hydrogen-bond donors (Lipinski definition) is 2. The van der Waals surface area contributed by atoms with Gasteiger partial charge in [0.1, 0.15) is 0 Å². The average Bonchev–Trinajstić information content (AvgIpc) is 3.37. The lowest BCUT2D eigenvalue weighted by Crippen LogP contribution is -2.30. The molecule has 2 aliphatic heterocycles. The van der Waals surface area contributed by atoms with Crippen LogP contribution in [0.5, 0.6) is 0 Å². The molecule has 0 amide bonds. The van der Waals surface area contributed by atoms with Crippen molar-refractivity contribution in [3.63, 3.8) is 0 Å². The maximum atomic E-state index is 6.20. The number of allylic oxidation sites excluding steroid dienone is 1. The van der Waals surface area contributed by atoms with Crippen LogP contribution in [0.3, 0.4) is 0 Å². The van der Waals surface area contributed by atoms with E-state index in [0.717, 1.165) is 56.0 Å². The highest BCUT2D eigenvalue weighted by Crippen LogP contribution is 2.28. The molecule has 0 bridgehead atoms. The Morgan fingerprint density at radius 2 is 2.03 bits per heavy atom. The molecule has 0 saturated heterocycles. The second-order valence-corrected chi connectivity index (χ2v) is 9.71. The molecule has 0 radical (unpaired) electrons. The van der Waals surface area contributed by atoms with Gasteiger partial charge in [0.2, 0.25) is 0 Å². The number of benzene rings is 2. The summed E-state index contributed by atoms with van der Waals surface area (Å²) in [6, 6.07) is 15.1. The summed E-state index contributed by atoms with van der Waals surface area (Å²) >= 11 is 1.83. The summed E-state index contributed by atoms with van der Waals surface area (Å²) < 4.78 is 0. The number of hydrazone groups is 1. The predicted molar refractivity (Wildman–Crippen MR) is 145 cm³/mol. The van der Waals surface area contributed by atoms with Gasteiger partial charge in [0.25, 0.3) is 0 Å². The van der Waals surface area contributed by atoms with Crippen LogP contribution < -0.4 is 16.6 Å². The van der Waals surface area contributed by atoms with Crippen LogP contribution in [-0.2, 0) is 19.4 Å². The molecule has 0 unspecified atom stereocenters. The Bertz CT molecular complexity index is 1090. The third kappa shape index (κ3) is 6.28. The van der Waals surface area contributed by atoms with Crippen LogP contribution in [0.25, 0.3) is 5.70 Å². The van der Waals surface area contributed by atoms with E-state index in [0.29, 0.717) is 5.70 Å². The van der Waals surface area contributed by atoms with E-state index < -0.39 is 0 Å². The van der Waals surface area contributed by atoms with Crippen LogP contribution in [0.1, 0.15) is 28.7 Å². The minimum atomic E-state index is 0.670. The van der Waals surface area contributed by atoms with Gasteiger partial charge in [-0.3, -0.25) is 14.9 Å². The number of aliphatic imine (C=N–C) groups is 1. The number of anilines is 1. The van der Waals surface area contributed by atoms with E-state index in [1.54, 1.807) is 13.2 Å².